The van der Waals surface area contributed by atoms with Crippen molar-refractivity contribution in [3.8, 4) is 0 Å². The van der Waals surface area contributed by atoms with E-state index in [9.17, 15) is 0 Å². The molecule has 0 N–H and O–H groups in total. The van der Waals surface area contributed by atoms with Gasteiger partial charge in [0.2, 0.25) is 0 Å². The third kappa shape index (κ3) is 2.86. The summed E-state index contributed by atoms with van der Waals surface area (Å²) in [6.07, 6.45) is 5.52. The zero-order chi connectivity index (χ0) is 9.64. The van der Waals surface area contributed by atoms with Gasteiger partial charge in [-0.1, -0.05) is 0 Å². The van der Waals surface area contributed by atoms with E-state index in [1.807, 2.05) is 12.1 Å². The van der Waals surface area contributed by atoms with Crippen molar-refractivity contribution >= 4 is 0 Å². The van der Waals surface area contributed by atoms with Crippen molar-refractivity contribution < 1.29 is 13.9 Å². The van der Waals surface area contributed by atoms with E-state index in [4.69, 9.17) is 13.9 Å². The molecule has 1 aliphatic rings. The van der Waals surface area contributed by atoms with Crippen LogP contribution >= 0.6 is 0 Å². The predicted octanol–water partition coefficient (Wildman–Crippen LogP) is 2.37. The Bertz CT molecular complexity index is 237. The lowest BCUT2D eigenvalue weighted by molar-refractivity contribution is -0.0472. The Labute approximate surface area is 84.0 Å². The van der Waals surface area contributed by atoms with E-state index in [0.717, 1.165) is 18.8 Å². The summed E-state index contributed by atoms with van der Waals surface area (Å²) in [5.74, 6) is 0.876. The molecule has 0 spiro atoms. The molecule has 1 saturated heterocycles. The van der Waals surface area contributed by atoms with Crippen molar-refractivity contribution in [1.82, 2.24) is 0 Å². The maximum absolute atomic E-state index is 5.54. The third-order valence-corrected chi connectivity index (χ3v) is 2.40. The van der Waals surface area contributed by atoms with Gasteiger partial charge in [-0.2, -0.15) is 0 Å². The highest BCUT2D eigenvalue weighted by Crippen LogP contribution is 2.13. The molecule has 0 aromatic carbocycles. The van der Waals surface area contributed by atoms with Crippen LogP contribution in [-0.2, 0) is 16.1 Å². The molecule has 0 aliphatic carbocycles. The Balaban J connectivity index is 1.62. The number of rotatable bonds is 4. The number of hydrogen-bond donors (Lipinski definition) is 0. The first-order valence-corrected chi connectivity index (χ1v) is 5.17. The fourth-order valence-electron chi connectivity index (χ4n) is 1.62. The quantitative estimate of drug-likeness (QED) is 0.740. The van der Waals surface area contributed by atoms with Crippen LogP contribution in [0, 0.1) is 0 Å². The van der Waals surface area contributed by atoms with E-state index in [0.29, 0.717) is 19.3 Å². The molecule has 2 heterocycles. The lowest BCUT2D eigenvalue weighted by Crippen LogP contribution is -2.24. The van der Waals surface area contributed by atoms with Crippen LogP contribution in [0.25, 0.3) is 0 Å². The Hall–Kier alpha value is -0.800. The Kier molecular flexibility index (Phi) is 3.60. The SMILES string of the molecule is c1coc(COCC2CCCCO2)c1. The van der Waals surface area contributed by atoms with E-state index in [1.54, 1.807) is 6.26 Å². The van der Waals surface area contributed by atoms with E-state index >= 15 is 0 Å². The number of ether oxygens (including phenoxy) is 2. The molecule has 1 aromatic rings. The second kappa shape index (κ2) is 5.17. The monoisotopic (exact) mass is 196 g/mol. The van der Waals surface area contributed by atoms with Gasteiger partial charge in [0.25, 0.3) is 0 Å². The smallest absolute Gasteiger partial charge is 0.129 e. The van der Waals surface area contributed by atoms with E-state index in [-0.39, 0.29) is 0 Å². The van der Waals surface area contributed by atoms with Crippen LogP contribution in [0.4, 0.5) is 0 Å². The van der Waals surface area contributed by atoms with E-state index in [1.165, 1.54) is 12.8 Å². The van der Waals surface area contributed by atoms with E-state index in [2.05, 4.69) is 0 Å². The normalized spacial score (nSPS) is 22.4. The van der Waals surface area contributed by atoms with Crippen molar-refractivity contribution in [1.29, 1.82) is 0 Å². The summed E-state index contributed by atoms with van der Waals surface area (Å²) >= 11 is 0. The standard InChI is InChI=1S/C11H16O3/c1-2-6-13-10(4-1)8-12-9-11-5-3-7-14-11/h3,5,7,10H,1-2,4,6,8-9H2. The molecule has 0 saturated carbocycles. The van der Waals surface area contributed by atoms with Crippen LogP contribution < -0.4 is 0 Å². The largest absolute Gasteiger partial charge is 0.467 e. The van der Waals surface area contributed by atoms with Crippen LogP contribution in [0.5, 0.6) is 0 Å². The second-order valence-corrected chi connectivity index (χ2v) is 3.58. The van der Waals surface area contributed by atoms with Crippen molar-refractivity contribution in [2.24, 2.45) is 0 Å². The van der Waals surface area contributed by atoms with Gasteiger partial charge in [-0.15, -0.1) is 0 Å². The van der Waals surface area contributed by atoms with Crippen molar-refractivity contribution in [2.45, 2.75) is 32.0 Å². The summed E-state index contributed by atoms with van der Waals surface area (Å²) in [5.41, 5.74) is 0. The maximum Gasteiger partial charge on any atom is 0.129 e. The first-order valence-electron chi connectivity index (χ1n) is 5.17. The fraction of sp³-hybridized carbons (Fsp3) is 0.636. The van der Waals surface area contributed by atoms with Gasteiger partial charge in [0.1, 0.15) is 12.4 Å². The first kappa shape index (κ1) is 9.74. The molecule has 0 bridgehead atoms. The summed E-state index contributed by atoms with van der Waals surface area (Å²) in [5, 5.41) is 0. The summed E-state index contributed by atoms with van der Waals surface area (Å²) in [6, 6.07) is 3.79. The maximum atomic E-state index is 5.54. The van der Waals surface area contributed by atoms with Crippen molar-refractivity contribution in [2.75, 3.05) is 13.2 Å². The summed E-state index contributed by atoms with van der Waals surface area (Å²) < 4.78 is 16.2. The third-order valence-electron chi connectivity index (χ3n) is 2.40. The minimum Gasteiger partial charge on any atom is -0.467 e. The summed E-state index contributed by atoms with van der Waals surface area (Å²) in [7, 11) is 0. The van der Waals surface area contributed by atoms with E-state index < -0.39 is 0 Å². The summed E-state index contributed by atoms with van der Waals surface area (Å²) in [6.45, 7) is 2.11. The molecule has 1 aliphatic heterocycles. The average molecular weight is 196 g/mol. The van der Waals surface area contributed by atoms with Gasteiger partial charge >= 0.3 is 0 Å². The topological polar surface area (TPSA) is 31.6 Å². The molecule has 0 radical (unpaired) electrons. The molecular weight excluding hydrogens is 180 g/mol. The lowest BCUT2D eigenvalue weighted by atomic mass is 10.1. The van der Waals surface area contributed by atoms with Crippen LogP contribution in [-0.4, -0.2) is 19.3 Å². The summed E-state index contributed by atoms with van der Waals surface area (Å²) in [4.78, 5) is 0. The molecule has 2 rings (SSSR count). The Morgan fingerprint density at radius 3 is 3.14 bits per heavy atom. The highest BCUT2D eigenvalue weighted by atomic mass is 16.5. The van der Waals surface area contributed by atoms with Gasteiger partial charge < -0.3 is 13.9 Å². The molecular formula is C11H16O3. The Morgan fingerprint density at radius 1 is 1.43 bits per heavy atom. The molecule has 1 unspecified atom stereocenters. The van der Waals surface area contributed by atoms with Crippen molar-refractivity contribution in [3.05, 3.63) is 24.2 Å². The molecule has 1 atom stereocenters. The fourth-order valence-corrected chi connectivity index (χ4v) is 1.62. The second-order valence-electron chi connectivity index (χ2n) is 3.58. The molecule has 78 valence electrons. The van der Waals surface area contributed by atoms with Gasteiger partial charge in [-0.25, -0.2) is 0 Å². The molecule has 3 nitrogen and oxygen atoms in total. The van der Waals surface area contributed by atoms with Gasteiger partial charge in [0, 0.05) is 6.61 Å². The molecule has 1 aromatic heterocycles. The molecule has 0 amide bonds. The van der Waals surface area contributed by atoms with Gasteiger partial charge in [0.15, 0.2) is 0 Å². The first-order chi connectivity index (χ1) is 6.95. The highest BCUT2D eigenvalue weighted by molar-refractivity contribution is 4.96. The van der Waals surface area contributed by atoms with Gasteiger partial charge in [-0.3, -0.25) is 0 Å². The predicted molar refractivity (Wildman–Crippen MR) is 52.0 cm³/mol. The molecule has 14 heavy (non-hydrogen) atoms. The van der Waals surface area contributed by atoms with Crippen LogP contribution in [0.2, 0.25) is 0 Å². The molecule has 1 fully saturated rings. The van der Waals surface area contributed by atoms with Crippen LogP contribution in [0.3, 0.4) is 0 Å². The zero-order valence-corrected chi connectivity index (χ0v) is 8.28. The van der Waals surface area contributed by atoms with Gasteiger partial charge in [0.05, 0.1) is 19.0 Å². The van der Waals surface area contributed by atoms with Crippen molar-refractivity contribution in [3.63, 3.8) is 0 Å². The lowest BCUT2D eigenvalue weighted by Gasteiger charge is -2.21. The Morgan fingerprint density at radius 2 is 2.43 bits per heavy atom. The minimum absolute atomic E-state index is 0.290. The molecule has 3 heteroatoms. The zero-order valence-electron chi connectivity index (χ0n) is 8.28. The van der Waals surface area contributed by atoms with Crippen LogP contribution in [0.1, 0.15) is 25.0 Å². The highest BCUT2D eigenvalue weighted by Gasteiger charge is 2.13. The average Bonchev–Trinajstić information content (AvgIpc) is 2.72. The number of hydrogen-bond acceptors (Lipinski definition) is 3. The minimum atomic E-state index is 0.290. The van der Waals surface area contributed by atoms with Gasteiger partial charge in [-0.05, 0) is 31.4 Å². The number of furan rings is 1. The van der Waals surface area contributed by atoms with Crippen LogP contribution in [0.15, 0.2) is 22.8 Å².